The average molecular weight is 339 g/mol. The highest BCUT2D eigenvalue weighted by molar-refractivity contribution is 5.86. The zero-order valence-corrected chi connectivity index (χ0v) is 14.5. The van der Waals surface area contributed by atoms with Gasteiger partial charge in [0.15, 0.2) is 0 Å². The molecule has 0 atom stereocenters. The Morgan fingerprint density at radius 1 is 1.12 bits per heavy atom. The molecule has 0 spiro atoms. The van der Waals surface area contributed by atoms with Gasteiger partial charge in [0.25, 0.3) is 0 Å². The van der Waals surface area contributed by atoms with Crippen molar-refractivity contribution in [3.63, 3.8) is 0 Å². The predicted molar refractivity (Wildman–Crippen MR) is 94.8 cm³/mol. The standard InChI is InChI=1S/C18H21N5O2/c1-13-10-19-17(25-13)11-22-5-7-23(8-6-22)14-3-4-16-15(9-14)18(24-2)21-12-20-16/h3-4,9-10,12H,5-8,11H2,1-2H3. The molecule has 0 aliphatic carbocycles. The van der Waals surface area contributed by atoms with Crippen LogP contribution in [0, 0.1) is 6.92 Å². The second-order valence-electron chi connectivity index (χ2n) is 6.21. The molecule has 1 saturated heterocycles. The summed E-state index contributed by atoms with van der Waals surface area (Å²) in [5.41, 5.74) is 2.07. The van der Waals surface area contributed by atoms with E-state index in [0.717, 1.165) is 55.3 Å². The van der Waals surface area contributed by atoms with E-state index in [9.17, 15) is 0 Å². The lowest BCUT2D eigenvalue weighted by Gasteiger charge is -2.35. The lowest BCUT2D eigenvalue weighted by Crippen LogP contribution is -2.46. The number of aromatic nitrogens is 3. The van der Waals surface area contributed by atoms with Crippen molar-refractivity contribution in [2.24, 2.45) is 0 Å². The number of anilines is 1. The van der Waals surface area contributed by atoms with Crippen LogP contribution in [0.1, 0.15) is 11.7 Å². The third-order valence-corrected chi connectivity index (χ3v) is 4.54. The highest BCUT2D eigenvalue weighted by atomic mass is 16.5. The van der Waals surface area contributed by atoms with Gasteiger partial charge in [0, 0.05) is 31.9 Å². The molecule has 3 aromatic rings. The Morgan fingerprint density at radius 3 is 2.68 bits per heavy atom. The van der Waals surface area contributed by atoms with Crippen LogP contribution in [-0.2, 0) is 6.54 Å². The van der Waals surface area contributed by atoms with Gasteiger partial charge in [-0.05, 0) is 25.1 Å². The van der Waals surface area contributed by atoms with Crippen molar-refractivity contribution in [3.05, 3.63) is 42.4 Å². The van der Waals surface area contributed by atoms with Crippen LogP contribution in [0.3, 0.4) is 0 Å². The first-order chi connectivity index (χ1) is 12.2. The summed E-state index contributed by atoms with van der Waals surface area (Å²) in [7, 11) is 1.64. The minimum absolute atomic E-state index is 0.616. The van der Waals surface area contributed by atoms with Crippen LogP contribution in [0.5, 0.6) is 5.88 Å². The number of rotatable bonds is 4. The number of methoxy groups -OCH3 is 1. The first-order valence-corrected chi connectivity index (χ1v) is 8.40. The number of oxazole rings is 1. The van der Waals surface area contributed by atoms with Crippen LogP contribution in [-0.4, -0.2) is 53.1 Å². The van der Waals surface area contributed by atoms with Crippen LogP contribution in [0.25, 0.3) is 10.9 Å². The largest absolute Gasteiger partial charge is 0.480 e. The van der Waals surface area contributed by atoms with Gasteiger partial charge in [-0.3, -0.25) is 4.90 Å². The number of aryl methyl sites for hydroxylation is 1. The Morgan fingerprint density at radius 2 is 1.96 bits per heavy atom. The molecule has 0 saturated carbocycles. The molecule has 7 heteroatoms. The molecule has 1 aliphatic rings. The monoisotopic (exact) mass is 339 g/mol. The Hall–Kier alpha value is -2.67. The summed E-state index contributed by atoms with van der Waals surface area (Å²) in [6.45, 7) is 6.55. The number of nitrogens with zero attached hydrogens (tertiary/aromatic N) is 5. The highest BCUT2D eigenvalue weighted by Crippen LogP contribution is 2.27. The lowest BCUT2D eigenvalue weighted by molar-refractivity contribution is 0.225. The van der Waals surface area contributed by atoms with E-state index in [1.807, 2.05) is 13.0 Å². The molecular weight excluding hydrogens is 318 g/mol. The number of hydrogen-bond acceptors (Lipinski definition) is 7. The Kier molecular flexibility index (Phi) is 4.23. The number of fused-ring (bicyclic) bond motifs is 1. The number of hydrogen-bond donors (Lipinski definition) is 0. The smallest absolute Gasteiger partial charge is 0.224 e. The Bertz CT molecular complexity index is 871. The Labute approximate surface area is 146 Å². The topological polar surface area (TPSA) is 67.5 Å². The van der Waals surface area contributed by atoms with Gasteiger partial charge < -0.3 is 14.1 Å². The molecule has 0 N–H and O–H groups in total. The zero-order chi connectivity index (χ0) is 17.2. The van der Waals surface area contributed by atoms with E-state index in [-0.39, 0.29) is 0 Å². The molecule has 25 heavy (non-hydrogen) atoms. The maximum Gasteiger partial charge on any atom is 0.224 e. The van der Waals surface area contributed by atoms with E-state index in [1.165, 1.54) is 12.0 Å². The summed E-state index contributed by atoms with van der Waals surface area (Å²) in [6.07, 6.45) is 3.31. The molecule has 0 radical (unpaired) electrons. The first kappa shape index (κ1) is 15.8. The summed E-state index contributed by atoms with van der Waals surface area (Å²) in [5.74, 6) is 2.27. The van der Waals surface area contributed by atoms with Gasteiger partial charge in [0.1, 0.15) is 12.1 Å². The van der Waals surface area contributed by atoms with Crippen LogP contribution in [0.4, 0.5) is 5.69 Å². The maximum atomic E-state index is 5.58. The first-order valence-electron chi connectivity index (χ1n) is 8.40. The SMILES string of the molecule is COc1ncnc2ccc(N3CCN(Cc4ncc(C)o4)CC3)cc12. The molecule has 1 fully saturated rings. The van der Waals surface area contributed by atoms with Gasteiger partial charge in [-0.2, -0.15) is 0 Å². The van der Waals surface area contributed by atoms with Gasteiger partial charge in [-0.25, -0.2) is 15.0 Å². The van der Waals surface area contributed by atoms with Crippen LogP contribution in [0.2, 0.25) is 0 Å². The third-order valence-electron chi connectivity index (χ3n) is 4.54. The van der Waals surface area contributed by atoms with Gasteiger partial charge in [-0.15, -0.1) is 0 Å². The van der Waals surface area contributed by atoms with Crippen LogP contribution >= 0.6 is 0 Å². The van der Waals surface area contributed by atoms with E-state index in [0.29, 0.717) is 5.88 Å². The van der Waals surface area contributed by atoms with Crippen molar-refractivity contribution in [1.29, 1.82) is 0 Å². The summed E-state index contributed by atoms with van der Waals surface area (Å²) in [5, 5.41) is 0.945. The van der Waals surface area contributed by atoms with Crippen LogP contribution < -0.4 is 9.64 Å². The summed E-state index contributed by atoms with van der Waals surface area (Å²) in [6, 6.07) is 6.25. The zero-order valence-electron chi connectivity index (χ0n) is 14.5. The molecular formula is C18H21N5O2. The normalized spacial score (nSPS) is 15.7. The van der Waals surface area contributed by atoms with E-state index in [4.69, 9.17) is 9.15 Å². The number of benzene rings is 1. The van der Waals surface area contributed by atoms with Crippen LogP contribution in [0.15, 0.2) is 35.1 Å². The molecule has 0 bridgehead atoms. The van der Waals surface area contributed by atoms with E-state index in [2.05, 4.69) is 36.9 Å². The fourth-order valence-electron chi connectivity index (χ4n) is 3.21. The second-order valence-corrected chi connectivity index (χ2v) is 6.21. The molecule has 4 rings (SSSR count). The summed E-state index contributed by atoms with van der Waals surface area (Å²) in [4.78, 5) is 17.5. The number of ether oxygens (including phenoxy) is 1. The molecule has 2 aromatic heterocycles. The maximum absolute atomic E-state index is 5.58. The van der Waals surface area contributed by atoms with Gasteiger partial charge in [-0.1, -0.05) is 0 Å². The van der Waals surface area contributed by atoms with Crippen molar-refractivity contribution < 1.29 is 9.15 Å². The predicted octanol–water partition coefficient (Wildman–Crippen LogP) is 2.26. The van der Waals surface area contributed by atoms with Crippen molar-refractivity contribution in [2.75, 3.05) is 38.2 Å². The quantitative estimate of drug-likeness (QED) is 0.722. The minimum atomic E-state index is 0.616. The fraction of sp³-hybridized carbons (Fsp3) is 0.389. The third kappa shape index (κ3) is 3.28. The van der Waals surface area contributed by atoms with Gasteiger partial charge in [0.05, 0.1) is 30.8 Å². The summed E-state index contributed by atoms with van der Waals surface area (Å²) >= 11 is 0. The molecule has 130 valence electrons. The molecule has 1 aromatic carbocycles. The van der Waals surface area contributed by atoms with Gasteiger partial charge >= 0.3 is 0 Å². The van der Waals surface area contributed by atoms with E-state index < -0.39 is 0 Å². The molecule has 0 amide bonds. The van der Waals surface area contributed by atoms with E-state index in [1.54, 1.807) is 13.3 Å². The van der Waals surface area contributed by atoms with Crippen molar-refractivity contribution in [3.8, 4) is 5.88 Å². The average Bonchev–Trinajstić information content (AvgIpc) is 3.06. The molecule has 7 nitrogen and oxygen atoms in total. The van der Waals surface area contributed by atoms with Crippen molar-refractivity contribution in [2.45, 2.75) is 13.5 Å². The molecule has 0 unspecified atom stereocenters. The lowest BCUT2D eigenvalue weighted by atomic mass is 10.2. The summed E-state index contributed by atoms with van der Waals surface area (Å²) < 4.78 is 10.9. The second kappa shape index (κ2) is 6.68. The Balaban J connectivity index is 1.46. The van der Waals surface area contributed by atoms with Crippen molar-refractivity contribution in [1.82, 2.24) is 19.9 Å². The fourth-order valence-corrected chi connectivity index (χ4v) is 3.21. The highest BCUT2D eigenvalue weighted by Gasteiger charge is 2.19. The molecule has 3 heterocycles. The minimum Gasteiger partial charge on any atom is -0.480 e. The molecule has 1 aliphatic heterocycles. The van der Waals surface area contributed by atoms with E-state index >= 15 is 0 Å². The number of piperazine rings is 1. The van der Waals surface area contributed by atoms with Crippen molar-refractivity contribution >= 4 is 16.6 Å². The van der Waals surface area contributed by atoms with Gasteiger partial charge in [0.2, 0.25) is 11.8 Å².